The first-order chi connectivity index (χ1) is 8.79. The number of carbonyl (C=O) groups excluding carboxylic acids is 1. The number of fused-ring (bicyclic) bond motifs is 1. The molecule has 0 spiro atoms. The summed E-state index contributed by atoms with van der Waals surface area (Å²) < 4.78 is 7.21. The van der Waals surface area contributed by atoms with Gasteiger partial charge < -0.3 is 9.30 Å². The summed E-state index contributed by atoms with van der Waals surface area (Å²) in [6.45, 7) is 3.98. The summed E-state index contributed by atoms with van der Waals surface area (Å²) in [6.07, 6.45) is 3.48. The average molecular weight is 242 g/mol. The van der Waals surface area contributed by atoms with Gasteiger partial charge in [-0.3, -0.25) is 4.79 Å². The minimum absolute atomic E-state index is 0.0310. The average Bonchev–Trinajstić information content (AvgIpc) is 3.05. The number of carbonyl (C=O) groups is 1. The summed E-state index contributed by atoms with van der Waals surface area (Å²) in [6, 6.07) is 5.73. The van der Waals surface area contributed by atoms with Crippen LogP contribution in [0.1, 0.15) is 34.2 Å². The minimum Gasteiger partial charge on any atom is -0.372 e. The number of nitrogens with zero attached hydrogens (tertiary/aromatic N) is 2. The normalized spacial score (nSPS) is 13.6. The highest BCUT2D eigenvalue weighted by Gasteiger charge is 2.18. The number of ether oxygens (including phenoxy) is 1. The third-order valence-corrected chi connectivity index (χ3v) is 3.24. The lowest BCUT2D eigenvalue weighted by atomic mass is 10.0. The molecule has 0 atom stereocenters. The molecule has 0 saturated heterocycles. The Labute approximate surface area is 105 Å². The van der Waals surface area contributed by atoms with Crippen molar-refractivity contribution in [3.05, 3.63) is 53.1 Å². The number of ketones is 1. The molecule has 0 aliphatic carbocycles. The monoisotopic (exact) mass is 242 g/mol. The zero-order valence-electron chi connectivity index (χ0n) is 10.2. The van der Waals surface area contributed by atoms with Gasteiger partial charge in [0.15, 0.2) is 5.82 Å². The smallest absolute Gasteiger partial charge is 0.228 e. The molecule has 0 unspecified atom stereocenters. The first-order valence-corrected chi connectivity index (χ1v) is 6.05. The Hall–Kier alpha value is -1.94. The second-order valence-corrected chi connectivity index (χ2v) is 4.34. The summed E-state index contributed by atoms with van der Waals surface area (Å²) in [5, 5.41) is 0. The molecular formula is C14H14N2O2. The molecule has 92 valence electrons. The molecular weight excluding hydrogens is 228 g/mol. The SMILES string of the molecule is CCn1ccnc1C(=O)c1ccc2c(c1)COC2. The van der Waals surface area contributed by atoms with Crippen molar-refractivity contribution in [2.75, 3.05) is 0 Å². The van der Waals surface area contributed by atoms with Crippen molar-refractivity contribution in [3.8, 4) is 0 Å². The molecule has 0 radical (unpaired) electrons. The van der Waals surface area contributed by atoms with Crippen LogP contribution < -0.4 is 0 Å². The van der Waals surface area contributed by atoms with Crippen LogP contribution in [0.2, 0.25) is 0 Å². The Morgan fingerprint density at radius 1 is 1.39 bits per heavy atom. The predicted molar refractivity (Wildman–Crippen MR) is 66.3 cm³/mol. The second-order valence-electron chi connectivity index (χ2n) is 4.34. The van der Waals surface area contributed by atoms with E-state index in [1.165, 1.54) is 5.56 Å². The highest BCUT2D eigenvalue weighted by molar-refractivity contribution is 6.06. The summed E-state index contributed by atoms with van der Waals surface area (Å²) in [5.74, 6) is 0.466. The van der Waals surface area contributed by atoms with Crippen molar-refractivity contribution in [2.24, 2.45) is 0 Å². The van der Waals surface area contributed by atoms with E-state index in [2.05, 4.69) is 4.98 Å². The Morgan fingerprint density at radius 3 is 3.06 bits per heavy atom. The molecule has 0 bridgehead atoms. The van der Waals surface area contributed by atoms with Crippen molar-refractivity contribution in [3.63, 3.8) is 0 Å². The van der Waals surface area contributed by atoms with E-state index in [4.69, 9.17) is 4.74 Å². The predicted octanol–water partition coefficient (Wildman–Crippen LogP) is 2.16. The van der Waals surface area contributed by atoms with Gasteiger partial charge in [0.2, 0.25) is 5.78 Å². The molecule has 2 heterocycles. The fraction of sp³-hybridized carbons (Fsp3) is 0.286. The standard InChI is InChI=1S/C14H14N2O2/c1-2-16-6-5-15-14(16)13(17)10-3-4-11-8-18-9-12(11)7-10/h3-7H,2,8-9H2,1H3. The fourth-order valence-electron chi connectivity index (χ4n) is 2.22. The molecule has 1 aromatic carbocycles. The Bertz CT molecular complexity index is 602. The molecule has 18 heavy (non-hydrogen) atoms. The molecule has 1 aromatic heterocycles. The van der Waals surface area contributed by atoms with E-state index in [0.717, 1.165) is 12.1 Å². The van der Waals surface area contributed by atoms with Gasteiger partial charge in [0, 0.05) is 24.5 Å². The number of hydrogen-bond acceptors (Lipinski definition) is 3. The van der Waals surface area contributed by atoms with Gasteiger partial charge in [-0.2, -0.15) is 0 Å². The van der Waals surface area contributed by atoms with E-state index in [9.17, 15) is 4.79 Å². The van der Waals surface area contributed by atoms with E-state index >= 15 is 0 Å². The molecule has 1 aliphatic rings. The largest absolute Gasteiger partial charge is 0.372 e. The highest BCUT2D eigenvalue weighted by atomic mass is 16.5. The van der Waals surface area contributed by atoms with E-state index in [1.807, 2.05) is 35.9 Å². The number of aryl methyl sites for hydroxylation is 1. The molecule has 0 saturated carbocycles. The van der Waals surface area contributed by atoms with Crippen molar-refractivity contribution in [1.82, 2.24) is 9.55 Å². The first-order valence-electron chi connectivity index (χ1n) is 6.05. The number of hydrogen-bond donors (Lipinski definition) is 0. The molecule has 0 N–H and O–H groups in total. The van der Waals surface area contributed by atoms with E-state index in [1.54, 1.807) is 6.20 Å². The van der Waals surface area contributed by atoms with Crippen LogP contribution in [0.4, 0.5) is 0 Å². The molecule has 1 aliphatic heterocycles. The molecule has 0 fully saturated rings. The van der Waals surface area contributed by atoms with Gasteiger partial charge >= 0.3 is 0 Å². The third kappa shape index (κ3) is 1.75. The first kappa shape index (κ1) is 11.2. The maximum Gasteiger partial charge on any atom is 0.228 e. The van der Waals surface area contributed by atoms with Crippen LogP contribution in [-0.4, -0.2) is 15.3 Å². The Morgan fingerprint density at radius 2 is 2.22 bits per heavy atom. The minimum atomic E-state index is -0.0310. The van der Waals surface area contributed by atoms with E-state index in [-0.39, 0.29) is 5.78 Å². The van der Waals surface area contributed by atoms with Gasteiger partial charge in [-0.1, -0.05) is 12.1 Å². The maximum atomic E-state index is 12.4. The molecule has 3 rings (SSSR count). The van der Waals surface area contributed by atoms with Crippen LogP contribution in [0.25, 0.3) is 0 Å². The van der Waals surface area contributed by atoms with Gasteiger partial charge in [-0.15, -0.1) is 0 Å². The quantitative estimate of drug-likeness (QED) is 0.775. The van der Waals surface area contributed by atoms with E-state index in [0.29, 0.717) is 24.6 Å². The lowest BCUT2D eigenvalue weighted by Crippen LogP contribution is -2.10. The topological polar surface area (TPSA) is 44.1 Å². The third-order valence-electron chi connectivity index (χ3n) is 3.24. The zero-order valence-corrected chi connectivity index (χ0v) is 10.2. The van der Waals surface area contributed by atoms with Crippen LogP contribution in [-0.2, 0) is 24.5 Å². The van der Waals surface area contributed by atoms with Crippen molar-refractivity contribution in [1.29, 1.82) is 0 Å². The van der Waals surface area contributed by atoms with Crippen molar-refractivity contribution < 1.29 is 9.53 Å². The van der Waals surface area contributed by atoms with Gasteiger partial charge in [0.25, 0.3) is 0 Å². The van der Waals surface area contributed by atoms with Crippen LogP contribution in [0.5, 0.6) is 0 Å². The van der Waals surface area contributed by atoms with Crippen LogP contribution in [0.15, 0.2) is 30.6 Å². The number of imidazole rings is 1. The number of aromatic nitrogens is 2. The molecule has 0 amide bonds. The van der Waals surface area contributed by atoms with Gasteiger partial charge in [0.1, 0.15) is 0 Å². The number of benzene rings is 1. The summed E-state index contributed by atoms with van der Waals surface area (Å²) in [7, 11) is 0. The lowest BCUT2D eigenvalue weighted by molar-refractivity contribution is 0.102. The van der Waals surface area contributed by atoms with Crippen molar-refractivity contribution >= 4 is 5.78 Å². The summed E-state index contributed by atoms with van der Waals surface area (Å²) in [5.41, 5.74) is 2.96. The summed E-state index contributed by atoms with van der Waals surface area (Å²) in [4.78, 5) is 16.5. The van der Waals surface area contributed by atoms with Gasteiger partial charge in [-0.25, -0.2) is 4.98 Å². The molecule has 4 nitrogen and oxygen atoms in total. The lowest BCUT2D eigenvalue weighted by Gasteiger charge is -2.05. The number of rotatable bonds is 3. The van der Waals surface area contributed by atoms with Crippen LogP contribution in [0.3, 0.4) is 0 Å². The zero-order chi connectivity index (χ0) is 12.5. The van der Waals surface area contributed by atoms with Gasteiger partial charge in [-0.05, 0) is 24.1 Å². The Kier molecular flexibility index (Phi) is 2.72. The molecule has 4 heteroatoms. The Balaban J connectivity index is 1.98. The van der Waals surface area contributed by atoms with Crippen LogP contribution in [0, 0.1) is 0 Å². The van der Waals surface area contributed by atoms with Gasteiger partial charge in [0.05, 0.1) is 13.2 Å². The second kappa shape index (κ2) is 4.38. The highest BCUT2D eigenvalue weighted by Crippen LogP contribution is 2.22. The maximum absolute atomic E-state index is 12.4. The fourth-order valence-corrected chi connectivity index (χ4v) is 2.22. The van der Waals surface area contributed by atoms with Crippen LogP contribution >= 0.6 is 0 Å². The summed E-state index contributed by atoms with van der Waals surface area (Å²) >= 11 is 0. The van der Waals surface area contributed by atoms with Crippen molar-refractivity contribution in [2.45, 2.75) is 26.7 Å². The van der Waals surface area contributed by atoms with E-state index < -0.39 is 0 Å². The molecule has 2 aromatic rings.